The molecule has 0 radical (unpaired) electrons. The molecule has 3 fully saturated rings. The van der Waals surface area contributed by atoms with E-state index in [1.165, 1.54) is 5.56 Å². The lowest BCUT2D eigenvalue weighted by molar-refractivity contribution is 0.0455. The maximum absolute atomic E-state index is 9.37. The van der Waals surface area contributed by atoms with Crippen molar-refractivity contribution in [1.29, 1.82) is 5.26 Å². The fraction of sp³-hybridized carbons (Fsp3) is 0.559. The lowest BCUT2D eigenvalue weighted by Gasteiger charge is -2.39. The molecule has 10 nitrogen and oxygen atoms in total. The maximum atomic E-state index is 9.37. The van der Waals surface area contributed by atoms with Gasteiger partial charge in [0.05, 0.1) is 41.9 Å². The van der Waals surface area contributed by atoms with Gasteiger partial charge in [0.2, 0.25) is 0 Å². The summed E-state index contributed by atoms with van der Waals surface area (Å²) in [6.45, 7) is 10.5. The first-order valence-corrected chi connectivity index (χ1v) is 16.7. The molecule has 11 heteroatoms. The van der Waals surface area contributed by atoms with E-state index in [2.05, 4.69) is 55.3 Å². The van der Waals surface area contributed by atoms with E-state index in [-0.39, 0.29) is 11.6 Å². The summed E-state index contributed by atoms with van der Waals surface area (Å²) in [6, 6.07) is 15.4. The van der Waals surface area contributed by atoms with Gasteiger partial charge in [-0.2, -0.15) is 15.2 Å². The van der Waals surface area contributed by atoms with Crippen LogP contribution in [0.3, 0.4) is 0 Å². The molecule has 0 spiro atoms. The van der Waals surface area contributed by atoms with Gasteiger partial charge in [0.15, 0.2) is 0 Å². The largest absolute Gasteiger partial charge is 0.461 e. The minimum Gasteiger partial charge on any atom is -0.461 e. The number of nitrogens with zero attached hydrogens (tertiary/aromatic N) is 7. The molecule has 1 atom stereocenters. The molecule has 238 valence electrons. The summed E-state index contributed by atoms with van der Waals surface area (Å²) >= 11 is 6.74. The quantitative estimate of drug-likeness (QED) is 0.357. The molecular weight excluding hydrogens is 588 g/mol. The number of nitrogens with one attached hydrogen (secondary N) is 1. The third kappa shape index (κ3) is 6.42. The number of hydrogen-bond donors (Lipinski definition) is 1. The number of piperazine rings is 2. The fourth-order valence-corrected chi connectivity index (χ4v) is 7.56. The number of hydrogen-bond acceptors (Lipinski definition) is 10. The summed E-state index contributed by atoms with van der Waals surface area (Å²) in [5, 5.41) is 15.8. The molecule has 4 aliphatic rings. The summed E-state index contributed by atoms with van der Waals surface area (Å²) in [7, 11) is 1.77. The Labute approximate surface area is 270 Å². The molecule has 2 aromatic carbocycles. The number of fused-ring (bicyclic) bond motifs is 2. The summed E-state index contributed by atoms with van der Waals surface area (Å²) in [4.78, 5) is 20.0. The SMILES string of the molecule is COCCN1CCN(C2(COc3nc4c(c(N5CCN[C@@H](CC#N)C5)n3)CCN(c3cccc5cccc(Cl)c35)C4)CC2)CC1. The van der Waals surface area contributed by atoms with Gasteiger partial charge >= 0.3 is 6.01 Å². The second-order valence-electron chi connectivity index (χ2n) is 12.8. The van der Waals surface area contributed by atoms with Crippen molar-refractivity contribution in [3.63, 3.8) is 0 Å². The normalized spacial score (nSPS) is 21.8. The predicted octanol–water partition coefficient (Wildman–Crippen LogP) is 3.71. The fourth-order valence-electron chi connectivity index (χ4n) is 7.29. The summed E-state index contributed by atoms with van der Waals surface area (Å²) < 4.78 is 11.8. The van der Waals surface area contributed by atoms with Gasteiger partial charge in [-0.1, -0.05) is 35.9 Å². The molecule has 1 aliphatic carbocycles. The molecule has 4 heterocycles. The van der Waals surface area contributed by atoms with Crippen LogP contribution < -0.4 is 19.9 Å². The van der Waals surface area contributed by atoms with E-state index in [4.69, 9.17) is 31.0 Å². The third-order valence-corrected chi connectivity index (χ3v) is 10.4. The first kappa shape index (κ1) is 30.5. The van der Waals surface area contributed by atoms with E-state index in [1.54, 1.807) is 7.11 Å². The van der Waals surface area contributed by atoms with Crippen LogP contribution in [0.4, 0.5) is 11.5 Å². The van der Waals surface area contributed by atoms with Gasteiger partial charge in [-0.25, -0.2) is 0 Å². The van der Waals surface area contributed by atoms with Crippen LogP contribution in [0, 0.1) is 11.3 Å². The number of ether oxygens (including phenoxy) is 2. The van der Waals surface area contributed by atoms with Crippen LogP contribution in [0.15, 0.2) is 36.4 Å². The first-order chi connectivity index (χ1) is 22.1. The minimum absolute atomic E-state index is 0.0748. The van der Waals surface area contributed by atoms with E-state index in [9.17, 15) is 5.26 Å². The number of methoxy groups -OCH3 is 1. The smallest absolute Gasteiger partial charge is 0.318 e. The van der Waals surface area contributed by atoms with E-state index in [0.29, 0.717) is 25.6 Å². The summed E-state index contributed by atoms with van der Waals surface area (Å²) in [5.41, 5.74) is 3.41. The number of benzene rings is 2. The Morgan fingerprint density at radius 2 is 1.87 bits per heavy atom. The van der Waals surface area contributed by atoms with Crippen LogP contribution in [0.2, 0.25) is 5.02 Å². The van der Waals surface area contributed by atoms with Gasteiger partial charge in [-0.05, 0) is 36.8 Å². The highest BCUT2D eigenvalue weighted by Gasteiger charge is 2.49. The van der Waals surface area contributed by atoms with Crippen LogP contribution in [-0.4, -0.2) is 111 Å². The van der Waals surface area contributed by atoms with E-state index < -0.39 is 0 Å². The number of nitriles is 1. The Morgan fingerprint density at radius 3 is 2.64 bits per heavy atom. The molecule has 3 aliphatic heterocycles. The minimum atomic E-state index is 0.0748. The van der Waals surface area contributed by atoms with Crippen molar-refractivity contribution in [2.45, 2.75) is 43.8 Å². The average Bonchev–Trinajstić information content (AvgIpc) is 3.87. The topological polar surface area (TPSA) is 93.0 Å². The zero-order chi connectivity index (χ0) is 30.8. The highest BCUT2D eigenvalue weighted by molar-refractivity contribution is 6.36. The Kier molecular flexibility index (Phi) is 8.98. The standard InChI is InChI=1S/C34H43ClN8O2/c1-44-21-20-40-16-18-43(19-17-40)34(10-11-34)24-45-33-38-29-23-41(30-7-3-5-25-4-2-6-28(35)31(25)30)14-9-27(29)32(39-33)42-15-13-37-26(22-42)8-12-36/h2-7,26,37H,8-11,13-24H2,1H3/t26-/m0/s1. The van der Waals surface area contributed by atoms with Crippen LogP contribution >= 0.6 is 11.6 Å². The molecule has 0 bridgehead atoms. The average molecular weight is 631 g/mol. The maximum Gasteiger partial charge on any atom is 0.318 e. The van der Waals surface area contributed by atoms with Gasteiger partial charge in [-0.15, -0.1) is 0 Å². The van der Waals surface area contributed by atoms with Crippen molar-refractivity contribution in [3.8, 4) is 12.1 Å². The van der Waals surface area contributed by atoms with Crippen molar-refractivity contribution in [2.24, 2.45) is 0 Å². The van der Waals surface area contributed by atoms with Crippen molar-refractivity contribution < 1.29 is 9.47 Å². The zero-order valence-corrected chi connectivity index (χ0v) is 26.9. The summed E-state index contributed by atoms with van der Waals surface area (Å²) in [5.74, 6) is 0.964. The van der Waals surface area contributed by atoms with Crippen molar-refractivity contribution in [2.75, 3.05) is 89.0 Å². The highest BCUT2D eigenvalue weighted by atomic mass is 35.5. The third-order valence-electron chi connectivity index (χ3n) is 10.0. The van der Waals surface area contributed by atoms with Gasteiger partial charge in [0.25, 0.3) is 0 Å². The molecule has 3 aromatic rings. The molecule has 0 amide bonds. The Morgan fingerprint density at radius 1 is 1.04 bits per heavy atom. The molecule has 1 aromatic heterocycles. The number of rotatable bonds is 10. The second kappa shape index (κ2) is 13.3. The monoisotopic (exact) mass is 630 g/mol. The summed E-state index contributed by atoms with van der Waals surface area (Å²) in [6.07, 6.45) is 3.60. The predicted molar refractivity (Wildman–Crippen MR) is 177 cm³/mol. The highest BCUT2D eigenvalue weighted by Crippen LogP contribution is 2.43. The van der Waals surface area contributed by atoms with Crippen LogP contribution in [0.1, 0.15) is 30.5 Å². The Bertz CT molecular complexity index is 1550. The second-order valence-corrected chi connectivity index (χ2v) is 13.2. The van der Waals surface area contributed by atoms with Crippen molar-refractivity contribution in [1.82, 2.24) is 25.1 Å². The number of halogens is 1. The number of anilines is 2. The van der Waals surface area contributed by atoms with Gasteiger partial charge < -0.3 is 24.6 Å². The van der Waals surface area contributed by atoms with Gasteiger partial charge in [0.1, 0.15) is 12.4 Å². The van der Waals surface area contributed by atoms with E-state index >= 15 is 0 Å². The lowest BCUT2D eigenvalue weighted by Crippen LogP contribution is -2.53. The zero-order valence-electron chi connectivity index (χ0n) is 26.2. The molecule has 0 unspecified atom stereocenters. The molecule has 1 N–H and O–H groups in total. The van der Waals surface area contributed by atoms with Gasteiger partial charge in [-0.3, -0.25) is 9.80 Å². The molecule has 7 rings (SSSR count). The van der Waals surface area contributed by atoms with Crippen molar-refractivity contribution in [3.05, 3.63) is 52.7 Å². The first-order valence-electron chi connectivity index (χ1n) is 16.3. The van der Waals surface area contributed by atoms with E-state index in [1.807, 2.05) is 12.1 Å². The molecule has 2 saturated heterocycles. The van der Waals surface area contributed by atoms with E-state index in [0.717, 1.165) is 118 Å². The van der Waals surface area contributed by atoms with Crippen LogP contribution in [0.5, 0.6) is 6.01 Å². The molecular formula is C34H43ClN8O2. The number of aromatic nitrogens is 2. The molecule has 45 heavy (non-hydrogen) atoms. The Hall–Kier alpha value is -3.20. The van der Waals surface area contributed by atoms with Crippen molar-refractivity contribution >= 4 is 33.9 Å². The van der Waals surface area contributed by atoms with Gasteiger partial charge in [0, 0.05) is 88.7 Å². The Balaban J connectivity index is 1.14. The molecule has 1 saturated carbocycles. The van der Waals surface area contributed by atoms with Crippen LogP contribution in [-0.2, 0) is 17.7 Å². The van der Waals surface area contributed by atoms with Crippen LogP contribution in [0.25, 0.3) is 10.8 Å². The lowest BCUT2D eigenvalue weighted by atomic mass is 10.0.